The zero-order chi connectivity index (χ0) is 15.8. The average Bonchev–Trinajstić information content (AvgIpc) is 2.56. The van der Waals surface area contributed by atoms with Crippen LogP contribution in [0.3, 0.4) is 0 Å². The van der Waals surface area contributed by atoms with Crippen LogP contribution >= 0.6 is 0 Å². The molecular weight excluding hydrogens is 286 g/mol. The number of hydrogen-bond acceptors (Lipinski definition) is 5. The van der Waals surface area contributed by atoms with Crippen molar-refractivity contribution in [2.24, 2.45) is 5.41 Å². The van der Waals surface area contributed by atoms with E-state index < -0.39 is 10.9 Å². The molecule has 0 aliphatic carbocycles. The third-order valence-electron chi connectivity index (χ3n) is 4.19. The summed E-state index contributed by atoms with van der Waals surface area (Å²) in [4.78, 5) is 10.6. The SMILES string of the molecule is C#Cc1ccc(C23OCC(CCC)(CO2)CO3)cc1[N+](=O)[O-]. The summed E-state index contributed by atoms with van der Waals surface area (Å²) in [6.45, 7) is 3.66. The summed E-state index contributed by atoms with van der Waals surface area (Å²) in [5.74, 6) is 0.952. The van der Waals surface area contributed by atoms with Crippen molar-refractivity contribution in [2.75, 3.05) is 19.8 Å². The van der Waals surface area contributed by atoms with Gasteiger partial charge < -0.3 is 14.2 Å². The smallest absolute Gasteiger partial charge is 0.312 e. The summed E-state index contributed by atoms with van der Waals surface area (Å²) in [5.41, 5.74) is 0.419. The van der Waals surface area contributed by atoms with Crippen LogP contribution in [0.5, 0.6) is 0 Å². The quantitative estimate of drug-likeness (QED) is 0.485. The minimum atomic E-state index is -1.35. The number of nitro benzene ring substituents is 1. The maximum atomic E-state index is 11.1. The molecule has 2 bridgehead atoms. The molecule has 4 rings (SSSR count). The van der Waals surface area contributed by atoms with Crippen LogP contribution in [0.1, 0.15) is 30.9 Å². The fourth-order valence-corrected chi connectivity index (χ4v) is 2.99. The number of terminal acetylenes is 1. The Morgan fingerprint density at radius 3 is 2.45 bits per heavy atom. The second kappa shape index (κ2) is 5.36. The van der Waals surface area contributed by atoms with E-state index in [1.165, 1.54) is 12.1 Å². The lowest BCUT2D eigenvalue weighted by molar-refractivity contribution is -0.480. The Morgan fingerprint density at radius 2 is 1.95 bits per heavy atom. The van der Waals surface area contributed by atoms with Gasteiger partial charge in [0.25, 0.3) is 5.69 Å². The number of ether oxygens (including phenoxy) is 3. The summed E-state index contributed by atoms with van der Waals surface area (Å²) < 4.78 is 17.4. The molecule has 0 N–H and O–H groups in total. The molecule has 0 atom stereocenters. The molecule has 0 spiro atoms. The van der Waals surface area contributed by atoms with Crippen LogP contribution in [-0.2, 0) is 20.2 Å². The number of nitrogens with zero attached hydrogens (tertiary/aromatic N) is 1. The fourth-order valence-electron chi connectivity index (χ4n) is 2.99. The molecule has 6 heteroatoms. The van der Waals surface area contributed by atoms with Crippen molar-refractivity contribution in [2.45, 2.75) is 25.7 Å². The monoisotopic (exact) mass is 303 g/mol. The second-order valence-electron chi connectivity index (χ2n) is 5.81. The molecule has 6 nitrogen and oxygen atoms in total. The summed E-state index contributed by atoms with van der Waals surface area (Å²) in [6, 6.07) is 4.54. The average molecular weight is 303 g/mol. The van der Waals surface area contributed by atoms with Crippen LogP contribution in [0.2, 0.25) is 0 Å². The number of rotatable bonds is 4. The molecule has 3 aliphatic rings. The van der Waals surface area contributed by atoms with Crippen LogP contribution in [0.25, 0.3) is 0 Å². The van der Waals surface area contributed by atoms with Gasteiger partial charge in [-0.1, -0.05) is 19.3 Å². The Hall–Kier alpha value is -1.94. The first-order chi connectivity index (χ1) is 10.5. The molecule has 3 fully saturated rings. The highest BCUT2D eigenvalue weighted by atomic mass is 16.9. The molecule has 3 heterocycles. The zero-order valence-electron chi connectivity index (χ0n) is 12.3. The summed E-state index contributed by atoms with van der Waals surface area (Å²) >= 11 is 0. The minimum absolute atomic E-state index is 0.110. The van der Waals surface area contributed by atoms with E-state index in [2.05, 4.69) is 12.8 Å². The van der Waals surface area contributed by atoms with Gasteiger partial charge in [-0.2, -0.15) is 0 Å². The van der Waals surface area contributed by atoms with Gasteiger partial charge in [0.15, 0.2) is 0 Å². The fraction of sp³-hybridized carbons (Fsp3) is 0.500. The summed E-state index contributed by atoms with van der Waals surface area (Å²) in [5, 5.41) is 11.1. The number of nitro groups is 1. The Balaban J connectivity index is 1.92. The van der Waals surface area contributed by atoms with Gasteiger partial charge in [0.1, 0.15) is 5.56 Å². The third-order valence-corrected chi connectivity index (χ3v) is 4.19. The highest BCUT2D eigenvalue weighted by molar-refractivity contribution is 5.52. The van der Waals surface area contributed by atoms with Gasteiger partial charge in [-0.25, -0.2) is 0 Å². The van der Waals surface area contributed by atoms with Gasteiger partial charge in [-0.05, 0) is 18.6 Å². The van der Waals surface area contributed by atoms with Crippen molar-refractivity contribution in [3.05, 3.63) is 39.4 Å². The van der Waals surface area contributed by atoms with E-state index in [4.69, 9.17) is 20.6 Å². The molecule has 0 radical (unpaired) electrons. The van der Waals surface area contributed by atoms with Crippen LogP contribution in [0, 0.1) is 27.9 Å². The van der Waals surface area contributed by atoms with Gasteiger partial charge in [-0.15, -0.1) is 6.42 Å². The topological polar surface area (TPSA) is 70.8 Å². The van der Waals surface area contributed by atoms with Gasteiger partial charge in [-0.3, -0.25) is 10.1 Å². The third kappa shape index (κ3) is 2.28. The largest absolute Gasteiger partial charge is 0.323 e. The van der Waals surface area contributed by atoms with E-state index >= 15 is 0 Å². The van der Waals surface area contributed by atoms with Crippen molar-refractivity contribution in [3.63, 3.8) is 0 Å². The van der Waals surface area contributed by atoms with Gasteiger partial charge in [0, 0.05) is 17.0 Å². The lowest BCUT2D eigenvalue weighted by Gasteiger charge is -2.51. The van der Waals surface area contributed by atoms with E-state index in [1.54, 1.807) is 6.07 Å². The predicted octanol–water partition coefficient (Wildman–Crippen LogP) is 2.55. The Morgan fingerprint density at radius 1 is 1.32 bits per heavy atom. The molecular formula is C16H17NO5. The normalized spacial score (nSPS) is 30.0. The number of hydrogen-bond donors (Lipinski definition) is 0. The van der Waals surface area contributed by atoms with E-state index in [-0.39, 0.29) is 16.7 Å². The lowest BCUT2D eigenvalue weighted by atomic mass is 9.83. The minimum Gasteiger partial charge on any atom is -0.323 e. The standard InChI is InChI=1S/C16H17NO5/c1-3-7-15-9-20-16(21-10-15,22-11-15)13-6-5-12(4-2)14(8-13)17(18)19/h2,5-6,8H,3,7,9-11H2,1H3. The maximum Gasteiger partial charge on any atom is 0.312 e. The zero-order valence-corrected chi connectivity index (χ0v) is 12.3. The van der Waals surface area contributed by atoms with Crippen molar-refractivity contribution in [3.8, 4) is 12.3 Å². The highest BCUT2D eigenvalue weighted by Gasteiger charge is 2.53. The molecule has 0 amide bonds. The van der Waals surface area contributed by atoms with E-state index in [9.17, 15) is 10.1 Å². The van der Waals surface area contributed by atoms with E-state index in [0.29, 0.717) is 25.4 Å². The molecule has 3 saturated heterocycles. The van der Waals surface area contributed by atoms with Crippen molar-refractivity contribution in [1.29, 1.82) is 0 Å². The van der Waals surface area contributed by atoms with Crippen LogP contribution in [-0.4, -0.2) is 24.7 Å². The maximum absolute atomic E-state index is 11.1. The van der Waals surface area contributed by atoms with E-state index in [1.807, 2.05) is 0 Å². The number of benzene rings is 1. The predicted molar refractivity (Wildman–Crippen MR) is 77.9 cm³/mol. The molecule has 1 aromatic rings. The van der Waals surface area contributed by atoms with Crippen LogP contribution in [0.4, 0.5) is 5.69 Å². The van der Waals surface area contributed by atoms with Crippen molar-refractivity contribution < 1.29 is 19.1 Å². The molecule has 0 aromatic heterocycles. The van der Waals surface area contributed by atoms with Crippen LogP contribution < -0.4 is 0 Å². The highest BCUT2D eigenvalue weighted by Crippen LogP contribution is 2.46. The molecule has 3 aliphatic heterocycles. The Kier molecular flexibility index (Phi) is 3.65. The van der Waals surface area contributed by atoms with Gasteiger partial charge in [0.2, 0.25) is 0 Å². The van der Waals surface area contributed by atoms with Crippen LogP contribution in [0.15, 0.2) is 18.2 Å². The lowest BCUT2D eigenvalue weighted by Crippen LogP contribution is -2.58. The first-order valence-corrected chi connectivity index (χ1v) is 7.22. The molecule has 0 saturated carbocycles. The van der Waals surface area contributed by atoms with Gasteiger partial charge in [0.05, 0.1) is 24.7 Å². The molecule has 116 valence electrons. The Bertz CT molecular complexity index is 624. The van der Waals surface area contributed by atoms with Crippen molar-refractivity contribution in [1.82, 2.24) is 0 Å². The van der Waals surface area contributed by atoms with Gasteiger partial charge >= 0.3 is 5.97 Å². The second-order valence-corrected chi connectivity index (χ2v) is 5.81. The van der Waals surface area contributed by atoms with E-state index in [0.717, 1.165) is 12.8 Å². The molecule has 0 unspecified atom stereocenters. The molecule has 1 aromatic carbocycles. The summed E-state index contributed by atoms with van der Waals surface area (Å²) in [6.07, 6.45) is 7.27. The summed E-state index contributed by atoms with van der Waals surface area (Å²) in [7, 11) is 0. The first-order valence-electron chi connectivity index (χ1n) is 7.22. The molecule has 22 heavy (non-hydrogen) atoms. The van der Waals surface area contributed by atoms with Crippen molar-refractivity contribution >= 4 is 5.69 Å². The first kappa shape index (κ1) is 15.0. The number of fused-ring (bicyclic) bond motifs is 3. The Labute approximate surface area is 128 Å².